The van der Waals surface area contributed by atoms with Crippen molar-refractivity contribution in [3.8, 4) is 6.07 Å². The molecule has 0 spiro atoms. The first-order valence-electron chi connectivity index (χ1n) is 7.68. The highest BCUT2D eigenvalue weighted by Gasteiger charge is 2.33. The summed E-state index contributed by atoms with van der Waals surface area (Å²) in [5.74, 6) is -1.04. The SMILES string of the molecule is N#Cc1cc2c(nc1SCC(=O)N1CCC[C@H]1C(=O)O)CCC2. The third-order valence-corrected chi connectivity index (χ3v) is 5.30. The molecular weight excluding hydrogens is 314 g/mol. The number of aryl methyl sites for hydroxylation is 2. The minimum absolute atomic E-state index is 0.115. The second-order valence-corrected chi connectivity index (χ2v) is 6.75. The topological polar surface area (TPSA) is 94.3 Å². The lowest BCUT2D eigenvalue weighted by atomic mass is 10.2. The van der Waals surface area contributed by atoms with E-state index < -0.39 is 12.0 Å². The van der Waals surface area contributed by atoms with Crippen LogP contribution in [0.5, 0.6) is 0 Å². The maximum Gasteiger partial charge on any atom is 0.326 e. The van der Waals surface area contributed by atoms with E-state index in [0.29, 0.717) is 30.0 Å². The fourth-order valence-electron chi connectivity index (χ4n) is 3.18. The number of rotatable bonds is 4. The molecular formula is C16H17N3O3S. The van der Waals surface area contributed by atoms with Crippen LogP contribution in [0, 0.1) is 11.3 Å². The molecule has 1 amide bonds. The molecule has 1 aromatic rings. The van der Waals surface area contributed by atoms with Gasteiger partial charge in [-0.25, -0.2) is 9.78 Å². The molecule has 0 aromatic carbocycles. The minimum atomic E-state index is -0.950. The number of carboxylic acids is 1. The van der Waals surface area contributed by atoms with Crippen LogP contribution >= 0.6 is 11.8 Å². The second kappa shape index (κ2) is 6.59. The molecule has 120 valence electrons. The Morgan fingerprint density at radius 3 is 3.00 bits per heavy atom. The molecule has 0 unspecified atom stereocenters. The molecule has 1 atom stereocenters. The van der Waals surface area contributed by atoms with Gasteiger partial charge in [-0.05, 0) is 43.7 Å². The van der Waals surface area contributed by atoms with E-state index in [1.54, 1.807) is 0 Å². The van der Waals surface area contributed by atoms with Crippen molar-refractivity contribution >= 4 is 23.6 Å². The summed E-state index contributed by atoms with van der Waals surface area (Å²) in [6.07, 6.45) is 4.14. The van der Waals surface area contributed by atoms with Gasteiger partial charge in [0.15, 0.2) is 0 Å². The van der Waals surface area contributed by atoms with Gasteiger partial charge in [0.25, 0.3) is 0 Å². The van der Waals surface area contributed by atoms with E-state index in [2.05, 4.69) is 11.1 Å². The number of hydrogen-bond acceptors (Lipinski definition) is 5. The molecule has 1 saturated heterocycles. The van der Waals surface area contributed by atoms with Crippen molar-refractivity contribution in [1.82, 2.24) is 9.88 Å². The summed E-state index contributed by atoms with van der Waals surface area (Å²) in [5.41, 5.74) is 2.64. The zero-order valence-corrected chi connectivity index (χ0v) is 13.4. The number of pyridine rings is 1. The van der Waals surface area contributed by atoms with Gasteiger partial charge in [0, 0.05) is 12.2 Å². The Labute approximate surface area is 138 Å². The summed E-state index contributed by atoms with van der Waals surface area (Å²) in [4.78, 5) is 29.4. The smallest absolute Gasteiger partial charge is 0.326 e. The maximum absolute atomic E-state index is 12.3. The van der Waals surface area contributed by atoms with Gasteiger partial charge in [0.2, 0.25) is 5.91 Å². The first-order valence-corrected chi connectivity index (χ1v) is 8.66. The molecule has 1 aliphatic carbocycles. The first kappa shape index (κ1) is 15.8. The van der Waals surface area contributed by atoms with Gasteiger partial charge in [-0.2, -0.15) is 5.26 Å². The van der Waals surface area contributed by atoms with Gasteiger partial charge in [-0.3, -0.25) is 4.79 Å². The molecule has 2 heterocycles. The first-order chi connectivity index (χ1) is 11.1. The van der Waals surface area contributed by atoms with Crippen molar-refractivity contribution in [1.29, 1.82) is 5.26 Å². The maximum atomic E-state index is 12.3. The minimum Gasteiger partial charge on any atom is -0.480 e. The van der Waals surface area contributed by atoms with Crippen molar-refractivity contribution in [3.05, 3.63) is 22.9 Å². The van der Waals surface area contributed by atoms with Crippen molar-refractivity contribution < 1.29 is 14.7 Å². The van der Waals surface area contributed by atoms with E-state index in [1.807, 2.05) is 6.07 Å². The Balaban J connectivity index is 1.70. The summed E-state index contributed by atoms with van der Waals surface area (Å²) in [5, 5.41) is 19.0. The highest BCUT2D eigenvalue weighted by molar-refractivity contribution is 8.00. The van der Waals surface area contributed by atoms with Crippen LogP contribution in [0.2, 0.25) is 0 Å². The Morgan fingerprint density at radius 1 is 1.43 bits per heavy atom. The monoisotopic (exact) mass is 331 g/mol. The van der Waals surface area contributed by atoms with E-state index >= 15 is 0 Å². The molecule has 7 heteroatoms. The van der Waals surface area contributed by atoms with Crippen molar-refractivity contribution in [2.24, 2.45) is 0 Å². The van der Waals surface area contributed by atoms with Crippen LogP contribution in [0.25, 0.3) is 0 Å². The number of thioether (sulfide) groups is 1. The zero-order valence-electron chi connectivity index (χ0n) is 12.6. The normalized spacial score (nSPS) is 19.4. The molecule has 2 aliphatic rings. The summed E-state index contributed by atoms with van der Waals surface area (Å²) < 4.78 is 0. The van der Waals surface area contributed by atoms with Crippen LogP contribution in [0.1, 0.15) is 36.1 Å². The van der Waals surface area contributed by atoms with Crippen LogP contribution in [0.15, 0.2) is 11.1 Å². The molecule has 1 aromatic heterocycles. The highest BCUT2D eigenvalue weighted by atomic mass is 32.2. The van der Waals surface area contributed by atoms with Gasteiger partial charge in [-0.15, -0.1) is 0 Å². The fourth-order valence-corrected chi connectivity index (χ4v) is 4.04. The van der Waals surface area contributed by atoms with Crippen LogP contribution in [-0.2, 0) is 22.4 Å². The summed E-state index contributed by atoms with van der Waals surface area (Å²) in [6.45, 7) is 0.485. The predicted octanol–water partition coefficient (Wildman–Crippen LogP) is 1.61. The molecule has 3 rings (SSSR count). The Morgan fingerprint density at radius 2 is 2.26 bits per heavy atom. The zero-order chi connectivity index (χ0) is 16.4. The predicted molar refractivity (Wildman–Crippen MR) is 84.1 cm³/mol. The fraction of sp³-hybridized carbons (Fsp3) is 0.500. The molecule has 0 bridgehead atoms. The van der Waals surface area contributed by atoms with Crippen LogP contribution in [0.3, 0.4) is 0 Å². The standard InChI is InChI=1S/C16H17N3O3S/c17-8-11-7-10-3-1-4-12(10)18-15(11)23-9-14(20)19-6-2-5-13(19)16(21)22/h7,13H,1-6,9H2,(H,21,22)/t13-/m0/s1. The van der Waals surface area contributed by atoms with Crippen molar-refractivity contribution in [2.45, 2.75) is 43.2 Å². The molecule has 23 heavy (non-hydrogen) atoms. The van der Waals surface area contributed by atoms with Crippen LogP contribution in [0.4, 0.5) is 0 Å². The van der Waals surface area contributed by atoms with Gasteiger partial charge in [0.05, 0.1) is 11.3 Å². The number of amides is 1. The van der Waals surface area contributed by atoms with Gasteiger partial charge in [0.1, 0.15) is 17.1 Å². The number of nitrogens with zero attached hydrogens (tertiary/aromatic N) is 3. The van der Waals surface area contributed by atoms with E-state index in [-0.39, 0.29) is 11.7 Å². The molecule has 0 radical (unpaired) electrons. The van der Waals surface area contributed by atoms with Crippen LogP contribution in [-0.4, -0.2) is 45.2 Å². The number of aliphatic carboxylic acids is 1. The number of carbonyl (C=O) groups excluding carboxylic acids is 1. The quantitative estimate of drug-likeness (QED) is 0.842. The number of fused-ring (bicyclic) bond motifs is 1. The average Bonchev–Trinajstić information content (AvgIpc) is 3.19. The molecule has 0 saturated carbocycles. The summed E-state index contributed by atoms with van der Waals surface area (Å²) in [7, 11) is 0. The van der Waals surface area contributed by atoms with Crippen molar-refractivity contribution in [3.63, 3.8) is 0 Å². The summed E-state index contributed by atoms with van der Waals surface area (Å²) >= 11 is 1.23. The van der Waals surface area contributed by atoms with E-state index in [1.165, 1.54) is 16.7 Å². The van der Waals surface area contributed by atoms with Gasteiger partial charge in [-0.1, -0.05) is 11.8 Å². The molecule has 1 fully saturated rings. The Hall–Kier alpha value is -2.07. The number of nitriles is 1. The highest BCUT2D eigenvalue weighted by Crippen LogP contribution is 2.28. The van der Waals surface area contributed by atoms with Crippen molar-refractivity contribution in [2.75, 3.05) is 12.3 Å². The van der Waals surface area contributed by atoms with E-state index in [4.69, 9.17) is 5.11 Å². The molecule has 1 N–H and O–H groups in total. The van der Waals surface area contributed by atoms with E-state index in [9.17, 15) is 14.9 Å². The largest absolute Gasteiger partial charge is 0.480 e. The third-order valence-electron chi connectivity index (χ3n) is 4.33. The number of carbonyl (C=O) groups is 2. The average molecular weight is 331 g/mol. The second-order valence-electron chi connectivity index (χ2n) is 5.78. The van der Waals surface area contributed by atoms with Crippen LogP contribution < -0.4 is 0 Å². The lowest BCUT2D eigenvalue weighted by Crippen LogP contribution is -2.41. The van der Waals surface area contributed by atoms with Gasteiger partial charge >= 0.3 is 5.97 Å². The number of likely N-dealkylation sites (tertiary alicyclic amines) is 1. The lowest BCUT2D eigenvalue weighted by molar-refractivity contribution is -0.147. The molecule has 1 aliphatic heterocycles. The Kier molecular flexibility index (Phi) is 4.53. The Bertz CT molecular complexity index is 699. The van der Waals surface area contributed by atoms with E-state index in [0.717, 1.165) is 30.5 Å². The number of aromatic nitrogens is 1. The third kappa shape index (κ3) is 3.17. The number of carboxylic acid groups (broad SMARTS) is 1. The summed E-state index contributed by atoms with van der Waals surface area (Å²) in [6, 6.07) is 3.30. The number of hydrogen-bond donors (Lipinski definition) is 1. The lowest BCUT2D eigenvalue weighted by Gasteiger charge is -2.21. The van der Waals surface area contributed by atoms with Gasteiger partial charge < -0.3 is 10.0 Å². The molecule has 6 nitrogen and oxygen atoms in total.